The van der Waals surface area contributed by atoms with E-state index in [1.807, 2.05) is 12.3 Å². The quantitative estimate of drug-likeness (QED) is 0.775. The summed E-state index contributed by atoms with van der Waals surface area (Å²) in [7, 11) is 6.31. The number of rotatable bonds is 6. The van der Waals surface area contributed by atoms with E-state index in [1.54, 1.807) is 0 Å². The third kappa shape index (κ3) is 4.53. The van der Waals surface area contributed by atoms with Crippen molar-refractivity contribution in [3.63, 3.8) is 0 Å². The van der Waals surface area contributed by atoms with Gasteiger partial charge in [0.2, 0.25) is 0 Å². The smallest absolute Gasteiger partial charge is 0.157 e. The Morgan fingerprint density at radius 2 is 2.16 bits per heavy atom. The van der Waals surface area contributed by atoms with E-state index in [1.165, 1.54) is 0 Å². The monoisotopic (exact) mass is 264 g/mol. The second-order valence-corrected chi connectivity index (χ2v) is 5.45. The van der Waals surface area contributed by atoms with Crippen molar-refractivity contribution >= 4 is 0 Å². The maximum atomic E-state index is 5.63. The van der Waals surface area contributed by atoms with E-state index in [4.69, 9.17) is 4.74 Å². The molecule has 0 N–H and O–H groups in total. The van der Waals surface area contributed by atoms with Crippen LogP contribution >= 0.6 is 0 Å². The Hall–Kier alpha value is -1.04. The molecule has 1 aromatic heterocycles. The number of hydrogen-bond donors (Lipinski definition) is 0. The standard InChI is InChI=1S/C14H24N4O/c1-17(2)8-9-18(3)11-12-6-7-15-14(16-12)13-5-4-10-19-13/h6-7,13H,4-5,8-11H2,1-3H3/t13-/m1/s1. The Labute approximate surface area is 115 Å². The molecule has 0 amide bonds. The third-order valence-electron chi connectivity index (χ3n) is 3.31. The molecule has 5 nitrogen and oxygen atoms in total. The summed E-state index contributed by atoms with van der Waals surface area (Å²) in [6.07, 6.45) is 4.10. The van der Waals surface area contributed by atoms with Crippen molar-refractivity contribution in [2.75, 3.05) is 40.8 Å². The number of likely N-dealkylation sites (N-methyl/N-ethyl adjacent to an activating group) is 2. The van der Waals surface area contributed by atoms with Gasteiger partial charge in [-0.1, -0.05) is 0 Å². The lowest BCUT2D eigenvalue weighted by atomic mass is 10.2. The molecule has 1 aliphatic rings. The first-order valence-electron chi connectivity index (χ1n) is 6.92. The average Bonchev–Trinajstić information content (AvgIpc) is 2.90. The Bertz CT molecular complexity index is 391. The highest BCUT2D eigenvalue weighted by molar-refractivity contribution is 5.04. The van der Waals surface area contributed by atoms with Crippen molar-refractivity contribution < 1.29 is 4.74 Å². The molecular formula is C14H24N4O. The van der Waals surface area contributed by atoms with Gasteiger partial charge in [-0.2, -0.15) is 0 Å². The second-order valence-electron chi connectivity index (χ2n) is 5.45. The van der Waals surface area contributed by atoms with Crippen molar-refractivity contribution in [3.05, 3.63) is 23.8 Å². The number of aromatic nitrogens is 2. The molecule has 0 unspecified atom stereocenters. The van der Waals surface area contributed by atoms with Gasteiger partial charge in [-0.05, 0) is 40.1 Å². The molecule has 5 heteroatoms. The highest BCUT2D eigenvalue weighted by atomic mass is 16.5. The normalized spacial score (nSPS) is 19.5. The molecule has 106 valence electrons. The van der Waals surface area contributed by atoms with Gasteiger partial charge in [0.05, 0.1) is 5.69 Å². The fourth-order valence-electron chi connectivity index (χ4n) is 2.16. The lowest BCUT2D eigenvalue weighted by Crippen LogP contribution is -2.28. The highest BCUT2D eigenvalue weighted by Gasteiger charge is 2.20. The first kappa shape index (κ1) is 14.4. The largest absolute Gasteiger partial charge is 0.370 e. The third-order valence-corrected chi connectivity index (χ3v) is 3.31. The van der Waals surface area contributed by atoms with Crippen molar-refractivity contribution in [2.45, 2.75) is 25.5 Å². The summed E-state index contributed by atoms with van der Waals surface area (Å²) >= 11 is 0. The minimum absolute atomic E-state index is 0.104. The van der Waals surface area contributed by atoms with E-state index < -0.39 is 0 Å². The summed E-state index contributed by atoms with van der Waals surface area (Å²) in [4.78, 5) is 13.4. The molecule has 0 aromatic carbocycles. The van der Waals surface area contributed by atoms with Gasteiger partial charge in [0, 0.05) is 32.4 Å². The molecule has 0 aliphatic carbocycles. The van der Waals surface area contributed by atoms with Crippen molar-refractivity contribution in [1.82, 2.24) is 19.8 Å². The Kier molecular flexibility index (Phi) is 5.24. The Morgan fingerprint density at radius 1 is 1.32 bits per heavy atom. The van der Waals surface area contributed by atoms with E-state index in [9.17, 15) is 0 Å². The second kappa shape index (κ2) is 6.93. The molecule has 1 saturated heterocycles. The molecule has 0 bridgehead atoms. The van der Waals surface area contributed by atoms with Crippen molar-refractivity contribution in [1.29, 1.82) is 0 Å². The van der Waals surface area contributed by atoms with Crippen LogP contribution in [0.5, 0.6) is 0 Å². The maximum Gasteiger partial charge on any atom is 0.157 e. The lowest BCUT2D eigenvalue weighted by molar-refractivity contribution is 0.104. The molecule has 0 radical (unpaired) electrons. The van der Waals surface area contributed by atoms with Crippen LogP contribution in [0.2, 0.25) is 0 Å². The van der Waals surface area contributed by atoms with Gasteiger partial charge in [-0.3, -0.25) is 4.90 Å². The van der Waals surface area contributed by atoms with Crippen LogP contribution in [0.15, 0.2) is 12.3 Å². The highest BCUT2D eigenvalue weighted by Crippen LogP contribution is 2.25. The van der Waals surface area contributed by atoms with E-state index in [0.717, 1.165) is 50.6 Å². The van der Waals surface area contributed by atoms with Gasteiger partial charge >= 0.3 is 0 Å². The van der Waals surface area contributed by atoms with Crippen LogP contribution in [0.3, 0.4) is 0 Å². The Balaban J connectivity index is 1.91. The van der Waals surface area contributed by atoms with Crippen molar-refractivity contribution in [3.8, 4) is 0 Å². The van der Waals surface area contributed by atoms with E-state index in [2.05, 4.69) is 40.9 Å². The molecule has 0 spiro atoms. The van der Waals surface area contributed by atoms with Gasteiger partial charge in [-0.25, -0.2) is 9.97 Å². The zero-order valence-electron chi connectivity index (χ0n) is 12.2. The van der Waals surface area contributed by atoms with Crippen LogP contribution in [0.4, 0.5) is 0 Å². The summed E-state index contributed by atoms with van der Waals surface area (Å²) in [6.45, 7) is 3.78. The van der Waals surface area contributed by atoms with Crippen LogP contribution in [-0.2, 0) is 11.3 Å². The zero-order valence-corrected chi connectivity index (χ0v) is 12.2. The van der Waals surface area contributed by atoms with Gasteiger partial charge in [0.25, 0.3) is 0 Å². The maximum absolute atomic E-state index is 5.63. The molecule has 1 fully saturated rings. The summed E-state index contributed by atoms with van der Waals surface area (Å²) in [5.74, 6) is 0.844. The lowest BCUT2D eigenvalue weighted by Gasteiger charge is -2.19. The molecule has 19 heavy (non-hydrogen) atoms. The van der Waals surface area contributed by atoms with E-state index >= 15 is 0 Å². The number of ether oxygens (including phenoxy) is 1. The number of nitrogens with zero attached hydrogens (tertiary/aromatic N) is 4. The van der Waals surface area contributed by atoms with Gasteiger partial charge in [-0.15, -0.1) is 0 Å². The van der Waals surface area contributed by atoms with Crippen LogP contribution in [-0.4, -0.2) is 60.6 Å². The van der Waals surface area contributed by atoms with Gasteiger partial charge < -0.3 is 9.64 Å². The fourth-order valence-corrected chi connectivity index (χ4v) is 2.16. The zero-order chi connectivity index (χ0) is 13.7. The summed E-state index contributed by atoms with van der Waals surface area (Å²) in [6, 6.07) is 1.99. The molecule has 1 aliphatic heterocycles. The predicted molar refractivity (Wildman–Crippen MR) is 74.8 cm³/mol. The van der Waals surface area contributed by atoms with Gasteiger partial charge in [0.15, 0.2) is 5.82 Å². The molecule has 2 heterocycles. The van der Waals surface area contributed by atoms with Crippen LogP contribution in [0.25, 0.3) is 0 Å². The predicted octanol–water partition coefficient (Wildman–Crippen LogP) is 1.32. The topological polar surface area (TPSA) is 41.5 Å². The Morgan fingerprint density at radius 3 is 2.84 bits per heavy atom. The SMILES string of the molecule is CN(C)CCN(C)Cc1ccnc([C@H]2CCCO2)n1. The molecular weight excluding hydrogens is 240 g/mol. The first-order chi connectivity index (χ1) is 9.15. The van der Waals surface area contributed by atoms with Crippen LogP contribution < -0.4 is 0 Å². The van der Waals surface area contributed by atoms with Gasteiger partial charge in [0.1, 0.15) is 6.10 Å². The van der Waals surface area contributed by atoms with Crippen molar-refractivity contribution in [2.24, 2.45) is 0 Å². The molecule has 1 aromatic rings. The summed E-state index contributed by atoms with van der Waals surface area (Å²) in [5.41, 5.74) is 1.07. The van der Waals surface area contributed by atoms with Crippen LogP contribution in [0.1, 0.15) is 30.5 Å². The molecule has 2 rings (SSSR count). The number of hydrogen-bond acceptors (Lipinski definition) is 5. The molecule has 1 atom stereocenters. The summed E-state index contributed by atoms with van der Waals surface area (Å²) < 4.78 is 5.63. The van der Waals surface area contributed by atoms with E-state index in [0.29, 0.717) is 0 Å². The molecule has 0 saturated carbocycles. The fraction of sp³-hybridized carbons (Fsp3) is 0.714. The summed E-state index contributed by atoms with van der Waals surface area (Å²) in [5, 5.41) is 0. The first-order valence-corrected chi connectivity index (χ1v) is 6.92. The average molecular weight is 264 g/mol. The van der Waals surface area contributed by atoms with Crippen LogP contribution in [0, 0.1) is 0 Å². The minimum Gasteiger partial charge on any atom is -0.370 e. The minimum atomic E-state index is 0.104. The van der Waals surface area contributed by atoms with E-state index in [-0.39, 0.29) is 6.10 Å².